The van der Waals surface area contributed by atoms with Crippen LogP contribution in [0.5, 0.6) is 0 Å². The van der Waals surface area contributed by atoms with E-state index < -0.39 is 0 Å². The number of nitrogens with two attached hydrogens (primary N) is 1. The fraction of sp³-hybridized carbons (Fsp3) is 0.208. The molecule has 0 aromatic heterocycles. The highest BCUT2D eigenvalue weighted by atomic mass is 32.2. The van der Waals surface area contributed by atoms with Crippen LogP contribution in [0.2, 0.25) is 0 Å². The van der Waals surface area contributed by atoms with Crippen molar-refractivity contribution in [3.05, 3.63) is 89.5 Å². The van der Waals surface area contributed by atoms with Crippen molar-refractivity contribution >= 4 is 23.4 Å². The molecule has 0 atom stereocenters. The third kappa shape index (κ3) is 5.89. The van der Waals surface area contributed by atoms with Gasteiger partial charge in [-0.05, 0) is 60.7 Å². The van der Waals surface area contributed by atoms with E-state index in [1.807, 2.05) is 37.3 Å². The van der Waals surface area contributed by atoms with Gasteiger partial charge in [-0.1, -0.05) is 60.3 Å². The summed E-state index contributed by atoms with van der Waals surface area (Å²) in [5.74, 6) is -0.196. The summed E-state index contributed by atoms with van der Waals surface area (Å²) in [5, 5.41) is 0. The van der Waals surface area contributed by atoms with Crippen LogP contribution in [0.1, 0.15) is 23.6 Å². The van der Waals surface area contributed by atoms with Crippen LogP contribution in [0.3, 0.4) is 0 Å². The first-order valence-electron chi connectivity index (χ1n) is 9.49. The molecule has 144 valence electrons. The SMILES string of the molecule is CCOC(=O)Cc1ccc(Sc2ccc(CCc3ccccc3)cc2N)cc1. The summed E-state index contributed by atoms with van der Waals surface area (Å²) in [6.07, 6.45) is 2.29. The smallest absolute Gasteiger partial charge is 0.310 e. The summed E-state index contributed by atoms with van der Waals surface area (Å²) >= 11 is 1.63. The molecule has 0 heterocycles. The van der Waals surface area contributed by atoms with Crippen LogP contribution >= 0.6 is 11.8 Å². The zero-order valence-corrected chi connectivity index (χ0v) is 16.9. The van der Waals surface area contributed by atoms with Gasteiger partial charge in [0.15, 0.2) is 0 Å². The fourth-order valence-electron chi connectivity index (χ4n) is 2.96. The quantitative estimate of drug-likeness (QED) is 0.418. The molecule has 0 fully saturated rings. The van der Waals surface area contributed by atoms with Crippen LogP contribution in [-0.2, 0) is 28.8 Å². The molecule has 3 aromatic rings. The Hall–Kier alpha value is -2.72. The molecule has 28 heavy (non-hydrogen) atoms. The van der Waals surface area contributed by atoms with E-state index in [4.69, 9.17) is 10.5 Å². The first kappa shape index (κ1) is 20.0. The zero-order valence-electron chi connectivity index (χ0n) is 16.1. The van der Waals surface area contributed by atoms with Crippen LogP contribution in [0.15, 0.2) is 82.6 Å². The summed E-state index contributed by atoms with van der Waals surface area (Å²) in [5.41, 5.74) is 10.6. The van der Waals surface area contributed by atoms with E-state index in [0.717, 1.165) is 33.9 Å². The molecule has 3 nitrogen and oxygen atoms in total. The molecule has 0 amide bonds. The maximum Gasteiger partial charge on any atom is 0.310 e. The van der Waals surface area contributed by atoms with Gasteiger partial charge in [-0.25, -0.2) is 0 Å². The molecular weight excluding hydrogens is 366 g/mol. The molecule has 0 radical (unpaired) electrons. The lowest BCUT2D eigenvalue weighted by molar-refractivity contribution is -0.142. The molecular formula is C24H25NO2S. The second kappa shape index (κ2) is 10.00. The number of anilines is 1. The van der Waals surface area contributed by atoms with Crippen LogP contribution in [0.25, 0.3) is 0 Å². The van der Waals surface area contributed by atoms with E-state index in [-0.39, 0.29) is 5.97 Å². The van der Waals surface area contributed by atoms with Gasteiger partial charge in [-0.2, -0.15) is 0 Å². The molecule has 0 unspecified atom stereocenters. The van der Waals surface area contributed by atoms with Crippen LogP contribution in [-0.4, -0.2) is 12.6 Å². The monoisotopic (exact) mass is 391 g/mol. The molecule has 0 bridgehead atoms. The van der Waals surface area contributed by atoms with Gasteiger partial charge in [0.05, 0.1) is 13.0 Å². The molecule has 2 N–H and O–H groups in total. The molecule has 3 aromatic carbocycles. The summed E-state index contributed by atoms with van der Waals surface area (Å²) in [7, 11) is 0. The molecule has 4 heteroatoms. The van der Waals surface area contributed by atoms with Gasteiger partial charge in [0, 0.05) is 15.5 Å². The molecule has 0 spiro atoms. The predicted octanol–water partition coefficient (Wildman–Crippen LogP) is 5.31. The van der Waals surface area contributed by atoms with Crippen molar-refractivity contribution in [1.29, 1.82) is 0 Å². The lowest BCUT2D eigenvalue weighted by Crippen LogP contribution is -2.07. The Bertz CT molecular complexity index is 908. The second-order valence-electron chi connectivity index (χ2n) is 6.59. The van der Waals surface area contributed by atoms with E-state index in [9.17, 15) is 4.79 Å². The molecule has 0 saturated heterocycles. The number of carbonyl (C=O) groups is 1. The number of aryl methyl sites for hydroxylation is 2. The van der Waals surface area contributed by atoms with Crippen molar-refractivity contribution < 1.29 is 9.53 Å². The number of hydrogen-bond acceptors (Lipinski definition) is 4. The number of rotatable bonds is 8. The molecule has 3 rings (SSSR count). The summed E-state index contributed by atoms with van der Waals surface area (Å²) in [6, 6.07) is 24.7. The Labute approximate surface area is 170 Å². The van der Waals surface area contributed by atoms with Crippen LogP contribution in [0, 0.1) is 0 Å². The van der Waals surface area contributed by atoms with Gasteiger partial charge in [0.1, 0.15) is 0 Å². The lowest BCUT2D eigenvalue weighted by Gasteiger charge is -2.09. The number of esters is 1. The minimum absolute atomic E-state index is 0.196. The fourth-order valence-corrected chi connectivity index (χ4v) is 3.80. The minimum Gasteiger partial charge on any atom is -0.466 e. The van der Waals surface area contributed by atoms with Gasteiger partial charge in [-0.3, -0.25) is 4.79 Å². The highest BCUT2D eigenvalue weighted by molar-refractivity contribution is 7.99. The largest absolute Gasteiger partial charge is 0.466 e. The van der Waals surface area contributed by atoms with Gasteiger partial charge in [-0.15, -0.1) is 0 Å². The van der Waals surface area contributed by atoms with E-state index in [0.29, 0.717) is 13.0 Å². The second-order valence-corrected chi connectivity index (χ2v) is 7.70. The number of benzene rings is 3. The van der Waals surface area contributed by atoms with E-state index in [1.165, 1.54) is 11.1 Å². The standard InChI is InChI=1S/C24H25NO2S/c1-2-27-24(26)17-20-10-13-21(14-11-20)28-23-15-12-19(16-22(23)25)9-8-18-6-4-3-5-7-18/h3-7,10-16H,2,8-9,17,25H2,1H3. The van der Waals surface area contributed by atoms with Crippen LogP contribution in [0.4, 0.5) is 5.69 Å². The van der Waals surface area contributed by atoms with E-state index in [2.05, 4.69) is 42.5 Å². The highest BCUT2D eigenvalue weighted by Crippen LogP contribution is 2.33. The zero-order chi connectivity index (χ0) is 19.8. The van der Waals surface area contributed by atoms with Crippen molar-refractivity contribution in [3.8, 4) is 0 Å². The molecule has 0 aliphatic heterocycles. The maximum atomic E-state index is 11.6. The Morgan fingerprint density at radius 1 is 0.893 bits per heavy atom. The van der Waals surface area contributed by atoms with E-state index >= 15 is 0 Å². The summed E-state index contributed by atoms with van der Waals surface area (Å²) in [6.45, 7) is 2.22. The van der Waals surface area contributed by atoms with Crippen LogP contribution < -0.4 is 5.73 Å². The van der Waals surface area contributed by atoms with Crippen molar-refractivity contribution in [2.45, 2.75) is 36.0 Å². The highest BCUT2D eigenvalue weighted by Gasteiger charge is 2.07. The maximum absolute atomic E-state index is 11.6. The number of nitrogen functional groups attached to an aromatic ring is 1. The van der Waals surface area contributed by atoms with Crippen molar-refractivity contribution in [2.24, 2.45) is 0 Å². The average Bonchev–Trinajstić information content (AvgIpc) is 2.70. The molecule has 0 saturated carbocycles. The van der Waals surface area contributed by atoms with Gasteiger partial charge >= 0.3 is 5.97 Å². The Morgan fingerprint density at radius 2 is 1.57 bits per heavy atom. The normalized spacial score (nSPS) is 10.6. The van der Waals surface area contributed by atoms with Crippen molar-refractivity contribution in [1.82, 2.24) is 0 Å². The minimum atomic E-state index is -0.196. The third-order valence-corrected chi connectivity index (χ3v) is 5.52. The first-order chi connectivity index (χ1) is 13.6. The molecule has 0 aliphatic carbocycles. The summed E-state index contributed by atoms with van der Waals surface area (Å²) < 4.78 is 4.99. The average molecular weight is 392 g/mol. The number of ether oxygens (including phenoxy) is 1. The van der Waals surface area contributed by atoms with Gasteiger partial charge in [0.2, 0.25) is 0 Å². The van der Waals surface area contributed by atoms with Crippen molar-refractivity contribution in [3.63, 3.8) is 0 Å². The lowest BCUT2D eigenvalue weighted by atomic mass is 10.0. The Morgan fingerprint density at radius 3 is 2.25 bits per heavy atom. The first-order valence-corrected chi connectivity index (χ1v) is 10.3. The van der Waals surface area contributed by atoms with E-state index in [1.54, 1.807) is 11.8 Å². The van der Waals surface area contributed by atoms with Gasteiger partial charge < -0.3 is 10.5 Å². The number of hydrogen-bond donors (Lipinski definition) is 1. The Balaban J connectivity index is 1.59. The van der Waals surface area contributed by atoms with Gasteiger partial charge in [0.25, 0.3) is 0 Å². The summed E-state index contributed by atoms with van der Waals surface area (Å²) in [4.78, 5) is 13.7. The predicted molar refractivity (Wildman–Crippen MR) is 116 cm³/mol. The third-order valence-electron chi connectivity index (χ3n) is 4.42. The Kier molecular flexibility index (Phi) is 7.15. The molecule has 0 aliphatic rings. The number of carbonyl (C=O) groups excluding carboxylic acids is 1. The topological polar surface area (TPSA) is 52.3 Å². The van der Waals surface area contributed by atoms with Crippen molar-refractivity contribution in [2.75, 3.05) is 12.3 Å².